The highest BCUT2D eigenvalue weighted by molar-refractivity contribution is 7.99. The fourth-order valence-electron chi connectivity index (χ4n) is 2.00. The van der Waals surface area contributed by atoms with Crippen molar-refractivity contribution in [3.8, 4) is 0 Å². The Balaban J connectivity index is 2.19. The van der Waals surface area contributed by atoms with E-state index < -0.39 is 0 Å². The summed E-state index contributed by atoms with van der Waals surface area (Å²) in [5.74, 6) is 0. The molecule has 0 aromatic rings. The summed E-state index contributed by atoms with van der Waals surface area (Å²) in [5.41, 5.74) is 0. The minimum atomic E-state index is -0.104. The minimum absolute atomic E-state index is 0.0303. The standard InChI is InChI=1S/C11H22N2O2S/c1-8(5-6-14)12-11(15)13-9-3-4-10(7-9)16-2/h8-10,14H,3-7H2,1-2H3,(H2,12,13,15)/t8-,9?,10?/m1/s1. The molecule has 0 radical (unpaired) electrons. The van der Waals surface area contributed by atoms with Gasteiger partial charge in [-0.15, -0.1) is 0 Å². The average molecular weight is 246 g/mol. The van der Waals surface area contributed by atoms with Gasteiger partial charge in [0, 0.05) is 23.9 Å². The summed E-state index contributed by atoms with van der Waals surface area (Å²) in [6, 6.07) is 0.245. The molecule has 2 unspecified atom stereocenters. The van der Waals surface area contributed by atoms with Gasteiger partial charge in [0.25, 0.3) is 0 Å². The van der Waals surface area contributed by atoms with Crippen molar-refractivity contribution in [2.45, 2.75) is 49.9 Å². The van der Waals surface area contributed by atoms with Gasteiger partial charge in [0.1, 0.15) is 0 Å². The number of carbonyl (C=O) groups excluding carboxylic acids is 1. The normalized spacial score (nSPS) is 26.4. The van der Waals surface area contributed by atoms with Gasteiger partial charge in [0.05, 0.1) is 0 Å². The number of hydrogen-bond acceptors (Lipinski definition) is 3. The molecule has 1 aliphatic carbocycles. The van der Waals surface area contributed by atoms with Crippen molar-refractivity contribution in [1.82, 2.24) is 10.6 Å². The highest BCUT2D eigenvalue weighted by Crippen LogP contribution is 2.27. The first-order chi connectivity index (χ1) is 7.65. The zero-order valence-corrected chi connectivity index (χ0v) is 10.8. The topological polar surface area (TPSA) is 61.4 Å². The second-order valence-electron chi connectivity index (χ2n) is 4.40. The van der Waals surface area contributed by atoms with Crippen LogP contribution >= 0.6 is 11.8 Å². The van der Waals surface area contributed by atoms with Crippen LogP contribution in [0.5, 0.6) is 0 Å². The van der Waals surface area contributed by atoms with Crippen LogP contribution in [0, 0.1) is 0 Å². The number of rotatable bonds is 5. The monoisotopic (exact) mass is 246 g/mol. The van der Waals surface area contributed by atoms with Crippen LogP contribution in [0.15, 0.2) is 0 Å². The van der Waals surface area contributed by atoms with E-state index in [1.54, 1.807) is 0 Å². The predicted octanol–water partition coefficient (Wildman–Crippen LogP) is 1.34. The van der Waals surface area contributed by atoms with Crippen molar-refractivity contribution < 1.29 is 9.90 Å². The third-order valence-corrected chi connectivity index (χ3v) is 4.09. The van der Waals surface area contributed by atoms with Crippen LogP contribution in [0.4, 0.5) is 4.79 Å². The molecule has 4 nitrogen and oxygen atoms in total. The maximum atomic E-state index is 11.6. The molecule has 94 valence electrons. The number of urea groups is 1. The summed E-state index contributed by atoms with van der Waals surface area (Å²) in [5, 5.41) is 15.2. The van der Waals surface area contributed by atoms with Crippen molar-refractivity contribution in [2.24, 2.45) is 0 Å². The first kappa shape index (κ1) is 13.6. The summed E-state index contributed by atoms with van der Waals surface area (Å²) in [6.07, 6.45) is 6.07. The number of amides is 2. The number of carbonyl (C=O) groups is 1. The SMILES string of the molecule is CSC1CCC(NC(=O)N[C@H](C)CCO)C1. The second-order valence-corrected chi connectivity index (χ2v) is 5.54. The van der Waals surface area contributed by atoms with Gasteiger partial charge in [-0.2, -0.15) is 11.8 Å². The molecule has 1 saturated carbocycles. The molecule has 16 heavy (non-hydrogen) atoms. The quantitative estimate of drug-likeness (QED) is 0.686. The molecule has 0 aromatic carbocycles. The van der Waals surface area contributed by atoms with Gasteiger partial charge >= 0.3 is 6.03 Å². The van der Waals surface area contributed by atoms with Gasteiger partial charge in [0.15, 0.2) is 0 Å². The lowest BCUT2D eigenvalue weighted by Gasteiger charge is -2.17. The lowest BCUT2D eigenvalue weighted by molar-refractivity contribution is 0.227. The van der Waals surface area contributed by atoms with E-state index in [1.807, 2.05) is 18.7 Å². The molecular weight excluding hydrogens is 224 g/mol. The molecule has 0 aliphatic heterocycles. The Labute approximate surface area is 102 Å². The number of nitrogens with one attached hydrogen (secondary N) is 2. The molecule has 1 fully saturated rings. The van der Waals surface area contributed by atoms with Gasteiger partial charge in [-0.3, -0.25) is 0 Å². The molecule has 3 N–H and O–H groups in total. The van der Waals surface area contributed by atoms with E-state index in [2.05, 4.69) is 16.9 Å². The van der Waals surface area contributed by atoms with Crippen molar-refractivity contribution in [3.05, 3.63) is 0 Å². The summed E-state index contributed by atoms with van der Waals surface area (Å²) >= 11 is 1.88. The Hall–Kier alpha value is -0.420. The van der Waals surface area contributed by atoms with E-state index in [1.165, 1.54) is 6.42 Å². The molecule has 0 bridgehead atoms. The van der Waals surface area contributed by atoms with E-state index in [0.29, 0.717) is 17.7 Å². The zero-order valence-electron chi connectivity index (χ0n) is 10.0. The average Bonchev–Trinajstić information content (AvgIpc) is 2.65. The molecule has 0 aromatic heterocycles. The molecule has 0 saturated heterocycles. The highest BCUT2D eigenvalue weighted by atomic mass is 32.2. The van der Waals surface area contributed by atoms with Crippen molar-refractivity contribution in [1.29, 1.82) is 0 Å². The molecule has 0 heterocycles. The highest BCUT2D eigenvalue weighted by Gasteiger charge is 2.25. The predicted molar refractivity (Wildman–Crippen MR) is 67.8 cm³/mol. The Kier molecular flexibility index (Phi) is 5.98. The molecular formula is C11H22N2O2S. The lowest BCUT2D eigenvalue weighted by Crippen LogP contribution is -2.45. The first-order valence-electron chi connectivity index (χ1n) is 5.86. The summed E-state index contributed by atoms with van der Waals surface area (Å²) in [4.78, 5) is 11.6. The van der Waals surface area contributed by atoms with Crippen LogP contribution in [0.1, 0.15) is 32.6 Å². The first-order valence-corrected chi connectivity index (χ1v) is 7.15. The molecule has 1 rings (SSSR count). The Morgan fingerprint density at radius 3 is 2.88 bits per heavy atom. The summed E-state index contributed by atoms with van der Waals surface area (Å²) < 4.78 is 0. The Bertz CT molecular complexity index is 226. The van der Waals surface area contributed by atoms with Crippen LogP contribution in [0.25, 0.3) is 0 Å². The molecule has 2 amide bonds. The van der Waals surface area contributed by atoms with Crippen LogP contribution in [0.3, 0.4) is 0 Å². The maximum Gasteiger partial charge on any atom is 0.315 e. The third-order valence-electron chi connectivity index (χ3n) is 2.99. The van der Waals surface area contributed by atoms with Crippen LogP contribution in [0.2, 0.25) is 0 Å². The second kappa shape index (κ2) is 7.01. The molecule has 0 spiro atoms. The number of aliphatic hydroxyl groups excluding tert-OH is 1. The lowest BCUT2D eigenvalue weighted by atomic mass is 10.2. The maximum absolute atomic E-state index is 11.6. The van der Waals surface area contributed by atoms with Crippen molar-refractivity contribution >= 4 is 17.8 Å². The van der Waals surface area contributed by atoms with Gasteiger partial charge in [-0.1, -0.05) is 0 Å². The molecule has 1 aliphatic rings. The summed E-state index contributed by atoms with van der Waals surface area (Å²) in [6.45, 7) is 2.01. The summed E-state index contributed by atoms with van der Waals surface area (Å²) in [7, 11) is 0. The van der Waals surface area contributed by atoms with Gasteiger partial charge < -0.3 is 15.7 Å². The van der Waals surface area contributed by atoms with Crippen LogP contribution in [-0.4, -0.2) is 41.3 Å². The van der Waals surface area contributed by atoms with Crippen LogP contribution < -0.4 is 10.6 Å². The molecule has 3 atom stereocenters. The Morgan fingerprint density at radius 2 is 2.31 bits per heavy atom. The van der Waals surface area contributed by atoms with Crippen molar-refractivity contribution in [3.63, 3.8) is 0 Å². The number of aliphatic hydroxyl groups is 1. The smallest absolute Gasteiger partial charge is 0.315 e. The largest absolute Gasteiger partial charge is 0.396 e. The van der Waals surface area contributed by atoms with E-state index in [-0.39, 0.29) is 18.7 Å². The number of hydrogen-bond donors (Lipinski definition) is 3. The fraction of sp³-hybridized carbons (Fsp3) is 0.909. The molecule has 5 heteroatoms. The van der Waals surface area contributed by atoms with Crippen LogP contribution in [-0.2, 0) is 0 Å². The van der Waals surface area contributed by atoms with E-state index in [9.17, 15) is 4.79 Å². The fourth-order valence-corrected chi connectivity index (χ4v) is 2.80. The van der Waals surface area contributed by atoms with E-state index in [0.717, 1.165) is 12.8 Å². The third kappa shape index (κ3) is 4.61. The van der Waals surface area contributed by atoms with Gasteiger partial charge in [-0.25, -0.2) is 4.79 Å². The minimum Gasteiger partial charge on any atom is -0.396 e. The van der Waals surface area contributed by atoms with Crippen molar-refractivity contribution in [2.75, 3.05) is 12.9 Å². The van der Waals surface area contributed by atoms with Gasteiger partial charge in [0.2, 0.25) is 0 Å². The van der Waals surface area contributed by atoms with Gasteiger partial charge in [-0.05, 0) is 38.9 Å². The number of thioether (sulfide) groups is 1. The van der Waals surface area contributed by atoms with E-state index in [4.69, 9.17) is 5.11 Å². The zero-order chi connectivity index (χ0) is 12.0. The van der Waals surface area contributed by atoms with E-state index >= 15 is 0 Å². The Morgan fingerprint density at radius 1 is 1.56 bits per heavy atom.